The smallest absolute Gasteiger partial charge is 0.243 e. The monoisotopic (exact) mass is 409 g/mol. The van der Waals surface area contributed by atoms with Crippen molar-refractivity contribution in [1.82, 2.24) is 4.90 Å². The molecule has 2 N–H and O–H groups in total. The number of nitrogens with zero attached hydrogens (tertiary/aromatic N) is 2. The largest absolute Gasteiger partial charge is 0.378 e. The van der Waals surface area contributed by atoms with Gasteiger partial charge in [-0.05, 0) is 24.4 Å². The van der Waals surface area contributed by atoms with E-state index < -0.39 is 5.54 Å². The normalized spacial score (nSPS) is 27.8. The number of hydrogen-bond acceptors (Lipinski definition) is 5. The molecular formula is C17H29Cl2N3O2S. The zero-order valence-electron chi connectivity index (χ0n) is 15.1. The first-order valence-electron chi connectivity index (χ1n) is 8.38. The molecular weight excluding hydrogens is 381 g/mol. The van der Waals surface area contributed by atoms with Gasteiger partial charge in [-0.2, -0.15) is 0 Å². The number of carbonyl (C=O) groups excluding carboxylic acids is 1. The first-order chi connectivity index (χ1) is 10.9. The van der Waals surface area contributed by atoms with Crippen molar-refractivity contribution in [3.63, 3.8) is 0 Å². The summed E-state index contributed by atoms with van der Waals surface area (Å²) in [5, 5.41) is 3.37. The Kier molecular flexibility index (Phi) is 7.60. The fraction of sp³-hybridized carbons (Fsp3) is 0.706. The maximum absolute atomic E-state index is 13.0. The Morgan fingerprint density at radius 3 is 2.44 bits per heavy atom. The van der Waals surface area contributed by atoms with Crippen LogP contribution in [0, 0.1) is 5.41 Å². The van der Waals surface area contributed by atoms with Crippen molar-refractivity contribution in [3.8, 4) is 0 Å². The Balaban J connectivity index is 0.00000156. The van der Waals surface area contributed by atoms with E-state index >= 15 is 0 Å². The second kappa shape index (κ2) is 8.44. The van der Waals surface area contributed by atoms with E-state index in [1.54, 1.807) is 11.3 Å². The first kappa shape index (κ1) is 22.5. The van der Waals surface area contributed by atoms with Crippen LogP contribution in [0.2, 0.25) is 0 Å². The number of piperazine rings is 1. The van der Waals surface area contributed by atoms with E-state index in [0.29, 0.717) is 13.0 Å². The van der Waals surface area contributed by atoms with Crippen LogP contribution in [-0.4, -0.2) is 55.2 Å². The molecule has 3 rings (SSSR count). The van der Waals surface area contributed by atoms with E-state index in [1.807, 2.05) is 11.8 Å². The number of halogens is 2. The van der Waals surface area contributed by atoms with E-state index in [0.717, 1.165) is 26.2 Å². The fourth-order valence-electron chi connectivity index (χ4n) is 3.66. The number of hydrogen-bond donors (Lipinski definition) is 1. The van der Waals surface area contributed by atoms with Crippen molar-refractivity contribution in [3.05, 3.63) is 17.5 Å². The standard InChI is InChI=1S/C17H27N3O2S.2ClH/c1-4-22-13-12-17(18,16(13,2)3)15(21)20-9-7-19(8-10-20)14-6-5-11-23-14;;/h5-6,11,13H,4,7-10,12,18H2,1-3H3;2*1H. The number of amides is 1. The molecule has 0 spiro atoms. The number of thiophene rings is 1. The van der Waals surface area contributed by atoms with Crippen LogP contribution < -0.4 is 10.6 Å². The van der Waals surface area contributed by atoms with Crippen LogP contribution in [0.25, 0.3) is 0 Å². The molecule has 1 saturated carbocycles. The lowest BCUT2D eigenvalue weighted by molar-refractivity contribution is -0.179. The quantitative estimate of drug-likeness (QED) is 0.830. The fourth-order valence-corrected chi connectivity index (χ4v) is 4.45. The van der Waals surface area contributed by atoms with Gasteiger partial charge in [-0.15, -0.1) is 36.2 Å². The lowest BCUT2D eigenvalue weighted by Crippen LogP contribution is -2.76. The Morgan fingerprint density at radius 2 is 1.96 bits per heavy atom. The van der Waals surface area contributed by atoms with Gasteiger partial charge in [-0.1, -0.05) is 13.8 Å². The molecule has 5 nitrogen and oxygen atoms in total. The van der Waals surface area contributed by atoms with E-state index in [-0.39, 0.29) is 42.2 Å². The summed E-state index contributed by atoms with van der Waals surface area (Å²) in [7, 11) is 0. The van der Waals surface area contributed by atoms with Crippen molar-refractivity contribution in [2.75, 3.05) is 37.7 Å². The number of carbonyl (C=O) groups is 1. The third kappa shape index (κ3) is 3.78. The van der Waals surface area contributed by atoms with Gasteiger partial charge in [0.2, 0.25) is 5.91 Å². The van der Waals surface area contributed by atoms with Crippen LogP contribution in [0.3, 0.4) is 0 Å². The zero-order chi connectivity index (χ0) is 16.7. The minimum Gasteiger partial charge on any atom is -0.378 e. The molecule has 1 aliphatic carbocycles. The predicted molar refractivity (Wildman–Crippen MR) is 108 cm³/mol. The lowest BCUT2D eigenvalue weighted by Gasteiger charge is -2.59. The molecule has 2 fully saturated rings. The highest BCUT2D eigenvalue weighted by molar-refractivity contribution is 7.14. The van der Waals surface area contributed by atoms with E-state index in [1.165, 1.54) is 5.00 Å². The summed E-state index contributed by atoms with van der Waals surface area (Å²) >= 11 is 1.75. The summed E-state index contributed by atoms with van der Waals surface area (Å²) in [6, 6.07) is 4.20. The minimum absolute atomic E-state index is 0. The first-order valence-corrected chi connectivity index (χ1v) is 9.26. The molecule has 1 saturated heterocycles. The van der Waals surface area contributed by atoms with Gasteiger partial charge in [-0.25, -0.2) is 0 Å². The van der Waals surface area contributed by atoms with Gasteiger partial charge < -0.3 is 20.3 Å². The minimum atomic E-state index is -0.794. The number of rotatable bonds is 4. The Bertz CT molecular complexity index is 562. The third-order valence-corrected chi connectivity index (χ3v) is 6.53. The molecule has 0 aromatic carbocycles. The predicted octanol–water partition coefficient (Wildman–Crippen LogP) is 2.77. The maximum Gasteiger partial charge on any atom is 0.243 e. The van der Waals surface area contributed by atoms with E-state index in [9.17, 15) is 4.79 Å². The molecule has 1 aliphatic heterocycles. The van der Waals surface area contributed by atoms with Crippen molar-refractivity contribution in [2.24, 2.45) is 11.1 Å². The molecule has 1 aromatic rings. The second-order valence-corrected chi connectivity index (χ2v) is 8.00. The van der Waals surface area contributed by atoms with E-state index in [2.05, 4.69) is 36.3 Å². The van der Waals surface area contributed by atoms with Crippen LogP contribution in [0.4, 0.5) is 5.00 Å². The van der Waals surface area contributed by atoms with Gasteiger partial charge >= 0.3 is 0 Å². The highest BCUT2D eigenvalue weighted by Crippen LogP contribution is 2.50. The molecule has 1 aromatic heterocycles. The van der Waals surface area contributed by atoms with Crippen LogP contribution in [0.15, 0.2) is 17.5 Å². The van der Waals surface area contributed by atoms with Crippen molar-refractivity contribution < 1.29 is 9.53 Å². The SMILES string of the molecule is CCOC1CC(N)(C(=O)N2CCN(c3cccs3)CC2)C1(C)C.Cl.Cl. The highest BCUT2D eigenvalue weighted by Gasteiger charge is 2.63. The summed E-state index contributed by atoms with van der Waals surface area (Å²) in [5.41, 5.74) is 5.41. The summed E-state index contributed by atoms with van der Waals surface area (Å²) in [5.74, 6) is 0.0873. The van der Waals surface area contributed by atoms with Crippen LogP contribution in [0.5, 0.6) is 0 Å². The topological polar surface area (TPSA) is 58.8 Å². The van der Waals surface area contributed by atoms with Gasteiger partial charge in [0, 0.05) is 44.6 Å². The number of anilines is 1. The molecule has 1 amide bonds. The summed E-state index contributed by atoms with van der Waals surface area (Å²) in [6.07, 6.45) is 0.700. The lowest BCUT2D eigenvalue weighted by atomic mass is 9.54. The van der Waals surface area contributed by atoms with E-state index in [4.69, 9.17) is 10.5 Å². The number of ether oxygens (including phenoxy) is 1. The van der Waals surface area contributed by atoms with Crippen molar-refractivity contribution >= 4 is 47.1 Å². The van der Waals surface area contributed by atoms with Crippen molar-refractivity contribution in [2.45, 2.75) is 38.8 Å². The Morgan fingerprint density at radius 1 is 1.32 bits per heavy atom. The Hall–Kier alpha value is -0.530. The molecule has 8 heteroatoms. The van der Waals surface area contributed by atoms with Gasteiger partial charge in [0.05, 0.1) is 11.1 Å². The van der Waals surface area contributed by atoms with Gasteiger partial charge in [0.15, 0.2) is 0 Å². The average molecular weight is 410 g/mol. The second-order valence-electron chi connectivity index (χ2n) is 7.07. The molecule has 2 atom stereocenters. The zero-order valence-corrected chi connectivity index (χ0v) is 17.5. The number of nitrogens with two attached hydrogens (primary N) is 1. The summed E-state index contributed by atoms with van der Waals surface area (Å²) < 4.78 is 5.73. The van der Waals surface area contributed by atoms with Crippen molar-refractivity contribution in [1.29, 1.82) is 0 Å². The highest BCUT2D eigenvalue weighted by atomic mass is 35.5. The molecule has 2 heterocycles. The van der Waals surface area contributed by atoms with Gasteiger partial charge in [0.25, 0.3) is 0 Å². The van der Waals surface area contributed by atoms with Crippen LogP contribution in [-0.2, 0) is 9.53 Å². The maximum atomic E-state index is 13.0. The molecule has 0 radical (unpaired) electrons. The molecule has 25 heavy (non-hydrogen) atoms. The van der Waals surface area contributed by atoms with Gasteiger partial charge in [0.1, 0.15) is 5.54 Å². The van der Waals surface area contributed by atoms with Gasteiger partial charge in [-0.3, -0.25) is 4.79 Å². The van der Waals surface area contributed by atoms with Crippen LogP contribution >= 0.6 is 36.2 Å². The molecule has 2 aliphatic rings. The average Bonchev–Trinajstić information content (AvgIpc) is 3.08. The van der Waals surface area contributed by atoms with Crippen LogP contribution in [0.1, 0.15) is 27.2 Å². The molecule has 0 bridgehead atoms. The summed E-state index contributed by atoms with van der Waals surface area (Å²) in [6.45, 7) is 9.98. The Labute approximate surface area is 166 Å². The summed E-state index contributed by atoms with van der Waals surface area (Å²) in [4.78, 5) is 17.3. The third-order valence-electron chi connectivity index (χ3n) is 5.60. The molecule has 144 valence electrons. The molecule has 2 unspecified atom stereocenters.